The van der Waals surface area contributed by atoms with Crippen LogP contribution in [-0.2, 0) is 6.54 Å². The molecule has 0 atom stereocenters. The predicted molar refractivity (Wildman–Crippen MR) is 92.0 cm³/mol. The lowest BCUT2D eigenvalue weighted by molar-refractivity contribution is -0.384. The van der Waals surface area contributed by atoms with Crippen LogP contribution < -0.4 is 4.90 Å². The lowest BCUT2D eigenvalue weighted by Gasteiger charge is -2.36. The molecule has 0 unspecified atom stereocenters. The van der Waals surface area contributed by atoms with Gasteiger partial charge in [-0.25, -0.2) is 4.39 Å². The van der Waals surface area contributed by atoms with Crippen molar-refractivity contribution in [2.45, 2.75) is 6.54 Å². The maximum absolute atomic E-state index is 13.8. The van der Waals surface area contributed by atoms with Crippen molar-refractivity contribution in [3.05, 3.63) is 69.0 Å². The fourth-order valence-electron chi connectivity index (χ4n) is 2.91. The Bertz CT molecular complexity index is 748. The van der Waals surface area contributed by atoms with Crippen LogP contribution in [0.2, 0.25) is 5.02 Å². The summed E-state index contributed by atoms with van der Waals surface area (Å²) in [6.07, 6.45) is 0. The van der Waals surface area contributed by atoms with E-state index >= 15 is 0 Å². The van der Waals surface area contributed by atoms with Gasteiger partial charge >= 0.3 is 0 Å². The van der Waals surface area contributed by atoms with Crippen molar-refractivity contribution in [1.29, 1.82) is 0 Å². The van der Waals surface area contributed by atoms with Gasteiger partial charge in [0.05, 0.1) is 10.6 Å². The Morgan fingerprint density at radius 1 is 1.12 bits per heavy atom. The summed E-state index contributed by atoms with van der Waals surface area (Å²) in [6, 6.07) is 11.6. The molecule has 24 heavy (non-hydrogen) atoms. The number of rotatable bonds is 4. The van der Waals surface area contributed by atoms with Crippen LogP contribution in [0.5, 0.6) is 0 Å². The van der Waals surface area contributed by atoms with Crippen molar-refractivity contribution in [1.82, 2.24) is 4.90 Å². The maximum Gasteiger partial charge on any atom is 0.288 e. The molecule has 2 aromatic rings. The van der Waals surface area contributed by atoms with Gasteiger partial charge in [-0.15, -0.1) is 0 Å². The second-order valence-corrected chi connectivity index (χ2v) is 6.16. The molecule has 1 saturated heterocycles. The van der Waals surface area contributed by atoms with E-state index in [9.17, 15) is 14.5 Å². The molecular weight excluding hydrogens is 333 g/mol. The molecule has 126 valence electrons. The number of nitrogens with zero attached hydrogens (tertiary/aromatic N) is 3. The summed E-state index contributed by atoms with van der Waals surface area (Å²) in [5.74, 6) is -0.209. The van der Waals surface area contributed by atoms with Crippen molar-refractivity contribution in [3.63, 3.8) is 0 Å². The lowest BCUT2D eigenvalue weighted by Crippen LogP contribution is -2.46. The SMILES string of the molecule is O=[N+]([O-])c1cc(CN2CCN(c3ccccc3F)CC2)ccc1Cl. The lowest BCUT2D eigenvalue weighted by atomic mass is 10.1. The fourth-order valence-corrected chi connectivity index (χ4v) is 3.10. The predicted octanol–water partition coefficient (Wildman–Crippen LogP) is 3.71. The molecular formula is C17H17ClFN3O2. The van der Waals surface area contributed by atoms with E-state index in [0.29, 0.717) is 12.2 Å². The average molecular weight is 350 g/mol. The minimum atomic E-state index is -0.470. The molecule has 7 heteroatoms. The van der Waals surface area contributed by atoms with Crippen LogP contribution in [0, 0.1) is 15.9 Å². The van der Waals surface area contributed by atoms with E-state index in [1.165, 1.54) is 12.1 Å². The monoisotopic (exact) mass is 349 g/mol. The number of benzene rings is 2. The molecule has 0 bridgehead atoms. The van der Waals surface area contributed by atoms with Gasteiger partial charge < -0.3 is 4.90 Å². The van der Waals surface area contributed by atoms with Crippen molar-refractivity contribution in [2.75, 3.05) is 31.1 Å². The second kappa shape index (κ2) is 7.15. The molecule has 1 heterocycles. The number of hydrogen-bond acceptors (Lipinski definition) is 4. The first-order valence-corrected chi connectivity index (χ1v) is 8.07. The number of hydrogen-bond donors (Lipinski definition) is 0. The van der Waals surface area contributed by atoms with Crippen molar-refractivity contribution >= 4 is 23.0 Å². The molecule has 0 amide bonds. The molecule has 5 nitrogen and oxygen atoms in total. The van der Waals surface area contributed by atoms with Crippen LogP contribution in [0.15, 0.2) is 42.5 Å². The van der Waals surface area contributed by atoms with E-state index in [0.717, 1.165) is 31.7 Å². The summed E-state index contributed by atoms with van der Waals surface area (Å²) in [7, 11) is 0. The summed E-state index contributed by atoms with van der Waals surface area (Å²) in [4.78, 5) is 14.7. The van der Waals surface area contributed by atoms with E-state index in [1.807, 2.05) is 11.0 Å². The van der Waals surface area contributed by atoms with Crippen molar-refractivity contribution < 1.29 is 9.31 Å². The second-order valence-electron chi connectivity index (χ2n) is 5.76. The molecule has 1 aliphatic rings. The maximum atomic E-state index is 13.8. The molecule has 0 N–H and O–H groups in total. The number of piperazine rings is 1. The third-order valence-electron chi connectivity index (χ3n) is 4.18. The van der Waals surface area contributed by atoms with E-state index in [-0.39, 0.29) is 16.5 Å². The first-order chi connectivity index (χ1) is 11.5. The van der Waals surface area contributed by atoms with Gasteiger partial charge in [-0.05, 0) is 23.8 Å². The minimum absolute atomic E-state index is 0.0702. The highest BCUT2D eigenvalue weighted by molar-refractivity contribution is 6.32. The normalized spacial score (nSPS) is 15.5. The third kappa shape index (κ3) is 3.66. The van der Waals surface area contributed by atoms with E-state index < -0.39 is 4.92 Å². The molecule has 0 aromatic heterocycles. The Hall–Kier alpha value is -2.18. The Balaban J connectivity index is 1.63. The van der Waals surface area contributed by atoms with Gasteiger partial charge in [0.25, 0.3) is 5.69 Å². The topological polar surface area (TPSA) is 49.6 Å². The highest BCUT2D eigenvalue weighted by Crippen LogP contribution is 2.26. The number of nitro groups is 1. The van der Waals surface area contributed by atoms with Gasteiger partial charge in [0, 0.05) is 38.8 Å². The number of para-hydroxylation sites is 1. The highest BCUT2D eigenvalue weighted by atomic mass is 35.5. The Morgan fingerprint density at radius 2 is 1.83 bits per heavy atom. The van der Waals surface area contributed by atoms with Gasteiger partial charge in [0.2, 0.25) is 0 Å². The zero-order chi connectivity index (χ0) is 17.1. The zero-order valence-electron chi connectivity index (χ0n) is 13.0. The van der Waals surface area contributed by atoms with E-state index in [4.69, 9.17) is 11.6 Å². The van der Waals surface area contributed by atoms with E-state index in [1.54, 1.807) is 24.3 Å². The first-order valence-electron chi connectivity index (χ1n) is 7.69. The van der Waals surface area contributed by atoms with Gasteiger partial charge in [-0.3, -0.25) is 15.0 Å². The quantitative estimate of drug-likeness (QED) is 0.623. The number of halogens is 2. The standard InChI is InChI=1S/C17H17ClFN3O2/c18-14-6-5-13(11-17(14)22(23)24)12-20-7-9-21(10-8-20)16-4-2-1-3-15(16)19/h1-6,11H,7-10,12H2. The molecule has 1 aliphatic heterocycles. The van der Waals surface area contributed by atoms with Crippen LogP contribution >= 0.6 is 11.6 Å². The highest BCUT2D eigenvalue weighted by Gasteiger charge is 2.20. The van der Waals surface area contributed by atoms with Gasteiger partial charge in [-0.1, -0.05) is 29.8 Å². The zero-order valence-corrected chi connectivity index (χ0v) is 13.7. The van der Waals surface area contributed by atoms with Crippen LogP contribution in [-0.4, -0.2) is 36.0 Å². The first kappa shape index (κ1) is 16.7. The summed E-state index contributed by atoms with van der Waals surface area (Å²) in [5, 5.41) is 11.1. The van der Waals surface area contributed by atoms with Crippen molar-refractivity contribution in [3.8, 4) is 0 Å². The summed E-state index contributed by atoms with van der Waals surface area (Å²) >= 11 is 5.84. The number of anilines is 1. The molecule has 0 radical (unpaired) electrons. The van der Waals surface area contributed by atoms with Crippen LogP contribution in [0.4, 0.5) is 15.8 Å². The molecule has 0 saturated carbocycles. The number of nitro benzene ring substituents is 1. The van der Waals surface area contributed by atoms with Crippen LogP contribution in [0.3, 0.4) is 0 Å². The third-order valence-corrected chi connectivity index (χ3v) is 4.50. The molecule has 2 aromatic carbocycles. The average Bonchev–Trinajstić information content (AvgIpc) is 2.58. The molecule has 0 spiro atoms. The smallest absolute Gasteiger partial charge is 0.288 e. The summed E-state index contributed by atoms with van der Waals surface area (Å²) < 4.78 is 13.8. The van der Waals surface area contributed by atoms with E-state index in [2.05, 4.69) is 4.90 Å². The summed E-state index contributed by atoms with van der Waals surface area (Å²) in [6.45, 7) is 3.59. The van der Waals surface area contributed by atoms with Crippen LogP contribution in [0.25, 0.3) is 0 Å². The van der Waals surface area contributed by atoms with Gasteiger partial charge in [0.15, 0.2) is 0 Å². The van der Waals surface area contributed by atoms with Crippen LogP contribution in [0.1, 0.15) is 5.56 Å². The van der Waals surface area contributed by atoms with Gasteiger partial charge in [0.1, 0.15) is 10.8 Å². The Labute approximate surface area is 144 Å². The molecule has 1 fully saturated rings. The summed E-state index contributed by atoms with van der Waals surface area (Å²) in [5.41, 5.74) is 1.41. The Kier molecular flexibility index (Phi) is 4.97. The minimum Gasteiger partial charge on any atom is -0.367 e. The molecule has 3 rings (SSSR count). The van der Waals surface area contributed by atoms with Crippen molar-refractivity contribution in [2.24, 2.45) is 0 Å². The fraction of sp³-hybridized carbons (Fsp3) is 0.294. The Morgan fingerprint density at radius 3 is 2.50 bits per heavy atom. The largest absolute Gasteiger partial charge is 0.367 e. The molecule has 0 aliphatic carbocycles. The van der Waals surface area contributed by atoms with Gasteiger partial charge in [-0.2, -0.15) is 0 Å².